The van der Waals surface area contributed by atoms with Gasteiger partial charge in [-0.3, -0.25) is 9.88 Å². The molecule has 3 aromatic rings. The number of benzene rings is 1. The summed E-state index contributed by atoms with van der Waals surface area (Å²) in [5.74, 6) is 0. The van der Waals surface area contributed by atoms with E-state index < -0.39 is 0 Å². The van der Waals surface area contributed by atoms with Crippen molar-refractivity contribution in [2.75, 3.05) is 13.2 Å². The number of hydrogen-bond acceptors (Lipinski definition) is 5. The predicted octanol–water partition coefficient (Wildman–Crippen LogP) is 3.12. The maximum absolute atomic E-state index is 9.32. The lowest BCUT2D eigenvalue weighted by Gasteiger charge is -2.20. The molecule has 0 aliphatic heterocycles. The van der Waals surface area contributed by atoms with Crippen LogP contribution in [0.5, 0.6) is 0 Å². The molecule has 2 aromatic heterocycles. The average molecular weight is 339 g/mol. The van der Waals surface area contributed by atoms with Gasteiger partial charge >= 0.3 is 0 Å². The van der Waals surface area contributed by atoms with E-state index in [1.807, 2.05) is 18.3 Å². The van der Waals surface area contributed by atoms with Gasteiger partial charge in [0, 0.05) is 43.8 Å². The maximum Gasteiger partial charge on any atom is 0.0972 e. The normalized spacial score (nSPS) is 11.1. The van der Waals surface area contributed by atoms with E-state index in [4.69, 9.17) is 4.98 Å². The smallest absolute Gasteiger partial charge is 0.0972 e. The highest BCUT2D eigenvalue weighted by Gasteiger charge is 2.10. The van der Waals surface area contributed by atoms with Gasteiger partial charge in [0.1, 0.15) is 0 Å². The first-order chi connectivity index (χ1) is 11.8. The van der Waals surface area contributed by atoms with Gasteiger partial charge in [0.2, 0.25) is 0 Å². The molecule has 124 valence electrons. The number of rotatable bonds is 8. The second-order valence-electron chi connectivity index (χ2n) is 5.69. The molecule has 3 rings (SSSR count). The van der Waals surface area contributed by atoms with Crippen molar-refractivity contribution in [2.45, 2.75) is 19.5 Å². The van der Waals surface area contributed by atoms with Crippen LogP contribution >= 0.6 is 11.3 Å². The number of pyridine rings is 1. The first-order valence-electron chi connectivity index (χ1n) is 8.03. The Kier molecular flexibility index (Phi) is 6.07. The Bertz CT molecular complexity index is 731. The number of aliphatic hydroxyl groups is 1. The van der Waals surface area contributed by atoms with E-state index in [0.29, 0.717) is 6.54 Å². The second kappa shape index (κ2) is 8.68. The molecule has 1 aromatic carbocycles. The lowest BCUT2D eigenvalue weighted by molar-refractivity contribution is 0.183. The van der Waals surface area contributed by atoms with Crippen LogP contribution in [0, 0.1) is 0 Å². The summed E-state index contributed by atoms with van der Waals surface area (Å²) in [6, 6.07) is 14.4. The number of hydrogen-bond donors (Lipinski definition) is 1. The zero-order chi connectivity index (χ0) is 16.6. The Labute approximate surface area is 146 Å². The second-order valence-corrected chi connectivity index (χ2v) is 6.63. The topological polar surface area (TPSA) is 49.2 Å². The minimum Gasteiger partial charge on any atom is -0.395 e. The molecule has 24 heavy (non-hydrogen) atoms. The first-order valence-corrected chi connectivity index (χ1v) is 8.91. The molecule has 0 unspecified atom stereocenters. The summed E-state index contributed by atoms with van der Waals surface area (Å²) >= 11 is 1.70. The molecule has 0 radical (unpaired) electrons. The molecule has 0 amide bonds. The summed E-state index contributed by atoms with van der Waals surface area (Å²) in [6.07, 6.45) is 4.51. The highest BCUT2D eigenvalue weighted by molar-refractivity contribution is 7.09. The highest BCUT2D eigenvalue weighted by Crippen LogP contribution is 2.17. The first kappa shape index (κ1) is 16.8. The van der Waals surface area contributed by atoms with Gasteiger partial charge in [-0.1, -0.05) is 36.4 Å². The molecule has 0 spiro atoms. The van der Waals surface area contributed by atoms with Gasteiger partial charge in [-0.2, -0.15) is 0 Å². The quantitative estimate of drug-likeness (QED) is 0.685. The van der Waals surface area contributed by atoms with Crippen LogP contribution in [0.3, 0.4) is 0 Å². The molecule has 0 aliphatic rings. The van der Waals surface area contributed by atoms with E-state index >= 15 is 0 Å². The highest BCUT2D eigenvalue weighted by atomic mass is 32.1. The van der Waals surface area contributed by atoms with Crippen molar-refractivity contribution in [1.29, 1.82) is 0 Å². The van der Waals surface area contributed by atoms with Crippen LogP contribution in [-0.2, 0) is 19.5 Å². The van der Waals surface area contributed by atoms with Gasteiger partial charge in [0.05, 0.1) is 17.3 Å². The van der Waals surface area contributed by atoms with Crippen molar-refractivity contribution < 1.29 is 5.11 Å². The van der Waals surface area contributed by atoms with E-state index in [9.17, 15) is 5.11 Å². The molecule has 4 nitrogen and oxygen atoms in total. The molecular weight excluding hydrogens is 318 g/mol. The summed E-state index contributed by atoms with van der Waals surface area (Å²) in [4.78, 5) is 11.1. The maximum atomic E-state index is 9.32. The van der Waals surface area contributed by atoms with Gasteiger partial charge in [-0.15, -0.1) is 11.3 Å². The largest absolute Gasteiger partial charge is 0.395 e. The Hall–Kier alpha value is -2.08. The molecule has 0 aliphatic carbocycles. The van der Waals surface area contributed by atoms with Crippen LogP contribution in [0.15, 0.2) is 60.2 Å². The zero-order valence-corrected chi connectivity index (χ0v) is 14.3. The number of aromatic nitrogens is 2. The standard InChI is InChI=1S/C19H21N3OS/c23-10-9-22(13-17-7-4-8-20-12-17)14-18-15-24-19(21-18)11-16-5-2-1-3-6-16/h1-8,12,15,23H,9-11,13-14H2. The molecule has 2 heterocycles. The van der Waals surface area contributed by atoms with Crippen molar-refractivity contribution in [3.05, 3.63) is 82.1 Å². The van der Waals surface area contributed by atoms with Gasteiger partial charge in [0.15, 0.2) is 0 Å². The molecule has 0 atom stereocenters. The molecule has 0 saturated heterocycles. The van der Waals surface area contributed by atoms with Crippen LogP contribution < -0.4 is 0 Å². The number of aliphatic hydroxyl groups excluding tert-OH is 1. The van der Waals surface area contributed by atoms with E-state index in [0.717, 1.165) is 35.8 Å². The van der Waals surface area contributed by atoms with Gasteiger partial charge < -0.3 is 5.11 Å². The summed E-state index contributed by atoms with van der Waals surface area (Å²) in [7, 11) is 0. The summed E-state index contributed by atoms with van der Waals surface area (Å²) in [5.41, 5.74) is 3.48. The van der Waals surface area contributed by atoms with Crippen molar-refractivity contribution >= 4 is 11.3 Å². The molecular formula is C19H21N3OS. The molecule has 0 bridgehead atoms. The molecule has 1 N–H and O–H groups in total. The van der Waals surface area contributed by atoms with E-state index in [2.05, 4.69) is 45.6 Å². The van der Waals surface area contributed by atoms with E-state index in [1.165, 1.54) is 5.56 Å². The minimum absolute atomic E-state index is 0.140. The summed E-state index contributed by atoms with van der Waals surface area (Å²) in [6.45, 7) is 2.27. The van der Waals surface area contributed by atoms with Crippen LogP contribution in [0.2, 0.25) is 0 Å². The fraction of sp³-hybridized carbons (Fsp3) is 0.263. The van der Waals surface area contributed by atoms with E-state index in [1.54, 1.807) is 17.5 Å². The third-order valence-corrected chi connectivity index (χ3v) is 4.63. The van der Waals surface area contributed by atoms with Crippen molar-refractivity contribution in [1.82, 2.24) is 14.9 Å². The van der Waals surface area contributed by atoms with Crippen molar-refractivity contribution in [3.63, 3.8) is 0 Å². The monoisotopic (exact) mass is 339 g/mol. The van der Waals surface area contributed by atoms with Gasteiger partial charge in [0.25, 0.3) is 0 Å². The lowest BCUT2D eigenvalue weighted by atomic mass is 10.2. The fourth-order valence-electron chi connectivity index (χ4n) is 2.61. The van der Waals surface area contributed by atoms with E-state index in [-0.39, 0.29) is 6.61 Å². The third-order valence-electron chi connectivity index (χ3n) is 3.73. The van der Waals surface area contributed by atoms with Crippen LogP contribution in [0.25, 0.3) is 0 Å². The van der Waals surface area contributed by atoms with Crippen molar-refractivity contribution in [2.24, 2.45) is 0 Å². The van der Waals surface area contributed by atoms with Gasteiger partial charge in [-0.25, -0.2) is 4.98 Å². The zero-order valence-electron chi connectivity index (χ0n) is 13.5. The predicted molar refractivity (Wildman–Crippen MR) is 96.8 cm³/mol. The lowest BCUT2D eigenvalue weighted by Crippen LogP contribution is -2.26. The van der Waals surface area contributed by atoms with Crippen molar-refractivity contribution in [3.8, 4) is 0 Å². The number of thiazole rings is 1. The third kappa shape index (κ3) is 4.96. The number of nitrogens with zero attached hydrogens (tertiary/aromatic N) is 3. The Morgan fingerprint density at radius 2 is 1.83 bits per heavy atom. The Morgan fingerprint density at radius 1 is 1.00 bits per heavy atom. The van der Waals surface area contributed by atoms with Crippen LogP contribution in [-0.4, -0.2) is 33.1 Å². The Balaban J connectivity index is 1.62. The summed E-state index contributed by atoms with van der Waals surface area (Å²) in [5, 5.41) is 12.6. The molecule has 0 saturated carbocycles. The van der Waals surface area contributed by atoms with Crippen LogP contribution in [0.4, 0.5) is 0 Å². The Morgan fingerprint density at radius 3 is 2.58 bits per heavy atom. The fourth-order valence-corrected chi connectivity index (χ4v) is 3.43. The minimum atomic E-state index is 0.140. The average Bonchev–Trinajstić information content (AvgIpc) is 3.04. The van der Waals surface area contributed by atoms with Gasteiger partial charge in [-0.05, 0) is 17.2 Å². The molecule has 5 heteroatoms. The molecule has 0 fully saturated rings. The van der Waals surface area contributed by atoms with Crippen LogP contribution in [0.1, 0.15) is 21.8 Å². The summed E-state index contributed by atoms with van der Waals surface area (Å²) < 4.78 is 0. The SMILES string of the molecule is OCCN(Cc1cccnc1)Cc1csc(Cc2ccccc2)n1.